The minimum atomic E-state index is -3.88. The lowest BCUT2D eigenvalue weighted by Gasteiger charge is -2.09. The largest absolute Gasteiger partial charge is 0.218 e. The van der Waals surface area contributed by atoms with Crippen LogP contribution < -0.4 is 0 Å². The molecule has 0 N–H and O–H groups in total. The molecule has 19 heavy (non-hydrogen) atoms. The minimum Gasteiger partial charge on any atom is -0.218 e. The normalized spacial score (nSPS) is 11.6. The predicted octanol–water partition coefficient (Wildman–Crippen LogP) is 5.13. The standard InChI is InChI=1S/C12H6Cl4O2S/c13-7-4-5-8(14)11(6-7)19(17,18)10-3-1-2-9(15)12(10)16/h1-6H. The van der Waals surface area contributed by atoms with E-state index in [1.54, 1.807) is 0 Å². The summed E-state index contributed by atoms with van der Waals surface area (Å²) in [7, 11) is -3.88. The molecule has 0 radical (unpaired) electrons. The van der Waals surface area contributed by atoms with Gasteiger partial charge in [0.05, 0.1) is 24.9 Å². The SMILES string of the molecule is O=S(=O)(c1cc(Cl)ccc1Cl)c1cccc(Cl)c1Cl. The van der Waals surface area contributed by atoms with Crippen molar-refractivity contribution in [1.82, 2.24) is 0 Å². The van der Waals surface area contributed by atoms with E-state index in [2.05, 4.69) is 0 Å². The van der Waals surface area contributed by atoms with Crippen LogP contribution in [0.4, 0.5) is 0 Å². The molecular formula is C12H6Cl4O2S. The Kier molecular flexibility index (Phi) is 4.33. The van der Waals surface area contributed by atoms with Gasteiger partial charge in [0, 0.05) is 5.02 Å². The molecule has 7 heteroatoms. The highest BCUT2D eigenvalue weighted by Gasteiger charge is 2.24. The predicted molar refractivity (Wildman–Crippen MR) is 78.4 cm³/mol. The van der Waals surface area contributed by atoms with Gasteiger partial charge in [0.25, 0.3) is 0 Å². The third kappa shape index (κ3) is 2.86. The average molecular weight is 356 g/mol. The Balaban J connectivity index is 2.73. The Morgan fingerprint density at radius 1 is 0.789 bits per heavy atom. The lowest BCUT2D eigenvalue weighted by atomic mass is 10.3. The number of hydrogen-bond donors (Lipinski definition) is 0. The molecule has 0 heterocycles. The Morgan fingerprint density at radius 3 is 2.16 bits per heavy atom. The fraction of sp³-hybridized carbons (Fsp3) is 0. The van der Waals surface area contributed by atoms with Crippen LogP contribution in [0.1, 0.15) is 0 Å². The van der Waals surface area contributed by atoms with E-state index in [-0.39, 0.29) is 29.9 Å². The van der Waals surface area contributed by atoms with Gasteiger partial charge < -0.3 is 0 Å². The van der Waals surface area contributed by atoms with Crippen LogP contribution in [0.5, 0.6) is 0 Å². The summed E-state index contributed by atoms with van der Waals surface area (Å²) in [5.41, 5.74) is 0. The molecule has 2 aromatic carbocycles. The molecule has 0 saturated carbocycles. The van der Waals surface area contributed by atoms with Crippen LogP contribution >= 0.6 is 46.4 Å². The van der Waals surface area contributed by atoms with E-state index in [9.17, 15) is 8.42 Å². The van der Waals surface area contributed by atoms with E-state index in [1.165, 1.54) is 36.4 Å². The van der Waals surface area contributed by atoms with Gasteiger partial charge in [-0.15, -0.1) is 0 Å². The number of rotatable bonds is 2. The van der Waals surface area contributed by atoms with Crippen LogP contribution in [0.2, 0.25) is 20.1 Å². The second-order valence-electron chi connectivity index (χ2n) is 3.63. The monoisotopic (exact) mass is 354 g/mol. The summed E-state index contributed by atoms with van der Waals surface area (Å²) < 4.78 is 25.0. The van der Waals surface area contributed by atoms with Crippen molar-refractivity contribution in [3.05, 3.63) is 56.5 Å². The first-order valence-corrected chi connectivity index (χ1v) is 7.97. The van der Waals surface area contributed by atoms with Crippen LogP contribution in [0.3, 0.4) is 0 Å². The molecule has 0 spiro atoms. The molecule has 0 aliphatic rings. The molecule has 0 atom stereocenters. The second-order valence-corrected chi connectivity index (χ2v) is 7.15. The van der Waals surface area contributed by atoms with E-state index in [0.717, 1.165) is 0 Å². The summed E-state index contributed by atoms with van der Waals surface area (Å²) in [4.78, 5) is -0.211. The Hall–Kier alpha value is -0.450. The summed E-state index contributed by atoms with van der Waals surface area (Å²) in [5.74, 6) is 0. The number of sulfone groups is 1. The minimum absolute atomic E-state index is 0.0415. The molecule has 0 unspecified atom stereocenters. The zero-order chi connectivity index (χ0) is 14.2. The van der Waals surface area contributed by atoms with Gasteiger partial charge in [-0.3, -0.25) is 0 Å². The number of benzene rings is 2. The summed E-state index contributed by atoms with van der Waals surface area (Å²) in [5, 5.41) is 0.447. The fourth-order valence-corrected chi connectivity index (χ4v) is 4.26. The van der Waals surface area contributed by atoms with Gasteiger partial charge in [0.2, 0.25) is 9.84 Å². The summed E-state index contributed by atoms with van der Waals surface area (Å²) in [6.07, 6.45) is 0. The quantitative estimate of drug-likeness (QED) is 0.747. The molecule has 0 aromatic heterocycles. The molecule has 100 valence electrons. The third-order valence-corrected chi connectivity index (χ3v) is 5.83. The summed E-state index contributed by atoms with van der Waals surface area (Å²) >= 11 is 23.5. The highest BCUT2D eigenvalue weighted by atomic mass is 35.5. The zero-order valence-corrected chi connectivity index (χ0v) is 13.0. The van der Waals surface area contributed by atoms with Gasteiger partial charge in [-0.25, -0.2) is 8.42 Å². The van der Waals surface area contributed by atoms with Crippen molar-refractivity contribution in [2.75, 3.05) is 0 Å². The van der Waals surface area contributed by atoms with Crippen molar-refractivity contribution < 1.29 is 8.42 Å². The van der Waals surface area contributed by atoms with E-state index in [0.29, 0.717) is 0 Å². The zero-order valence-electron chi connectivity index (χ0n) is 9.20. The molecule has 0 fully saturated rings. The number of halogens is 4. The van der Waals surface area contributed by atoms with E-state index >= 15 is 0 Å². The van der Waals surface area contributed by atoms with Crippen molar-refractivity contribution in [2.24, 2.45) is 0 Å². The molecule has 2 aromatic rings. The fourth-order valence-electron chi connectivity index (χ4n) is 1.49. The molecule has 2 nitrogen and oxygen atoms in total. The lowest BCUT2D eigenvalue weighted by molar-refractivity contribution is 0.596. The molecule has 0 bridgehead atoms. The molecule has 0 amide bonds. The topological polar surface area (TPSA) is 34.1 Å². The maximum atomic E-state index is 12.5. The van der Waals surface area contributed by atoms with Crippen LogP contribution in [-0.2, 0) is 9.84 Å². The van der Waals surface area contributed by atoms with Crippen LogP contribution in [0.15, 0.2) is 46.2 Å². The highest BCUT2D eigenvalue weighted by Crippen LogP contribution is 2.36. The van der Waals surface area contributed by atoms with E-state index in [1.807, 2.05) is 0 Å². The molecule has 0 aliphatic carbocycles. The second kappa shape index (κ2) is 5.51. The lowest BCUT2D eigenvalue weighted by Crippen LogP contribution is -2.04. The summed E-state index contributed by atoms with van der Waals surface area (Å²) in [6, 6.07) is 8.55. The first-order chi connectivity index (χ1) is 8.84. The Labute approximate surface area is 130 Å². The molecular weight excluding hydrogens is 350 g/mol. The van der Waals surface area contributed by atoms with Crippen molar-refractivity contribution >= 4 is 56.2 Å². The van der Waals surface area contributed by atoms with Gasteiger partial charge in [-0.05, 0) is 30.3 Å². The van der Waals surface area contributed by atoms with Crippen molar-refractivity contribution in [2.45, 2.75) is 9.79 Å². The smallest absolute Gasteiger partial charge is 0.209 e. The maximum absolute atomic E-state index is 12.5. The van der Waals surface area contributed by atoms with E-state index < -0.39 is 9.84 Å². The van der Waals surface area contributed by atoms with Gasteiger partial charge >= 0.3 is 0 Å². The molecule has 2 rings (SSSR count). The molecule has 0 aliphatic heterocycles. The summed E-state index contributed by atoms with van der Waals surface area (Å²) in [6.45, 7) is 0. The van der Waals surface area contributed by atoms with Crippen molar-refractivity contribution in [1.29, 1.82) is 0 Å². The van der Waals surface area contributed by atoms with Gasteiger partial charge in [-0.1, -0.05) is 52.5 Å². The maximum Gasteiger partial charge on any atom is 0.209 e. The van der Waals surface area contributed by atoms with Crippen LogP contribution in [-0.4, -0.2) is 8.42 Å². The van der Waals surface area contributed by atoms with Crippen LogP contribution in [0.25, 0.3) is 0 Å². The first kappa shape index (κ1) is 14.9. The highest BCUT2D eigenvalue weighted by molar-refractivity contribution is 7.91. The van der Waals surface area contributed by atoms with Crippen molar-refractivity contribution in [3.8, 4) is 0 Å². The van der Waals surface area contributed by atoms with Gasteiger partial charge in [-0.2, -0.15) is 0 Å². The molecule has 0 saturated heterocycles. The van der Waals surface area contributed by atoms with E-state index in [4.69, 9.17) is 46.4 Å². The third-order valence-electron chi connectivity index (χ3n) is 2.39. The van der Waals surface area contributed by atoms with Crippen LogP contribution in [0, 0.1) is 0 Å². The van der Waals surface area contributed by atoms with Gasteiger partial charge in [0.1, 0.15) is 0 Å². The van der Waals surface area contributed by atoms with Gasteiger partial charge in [0.15, 0.2) is 0 Å². The Bertz CT molecular complexity index is 733. The van der Waals surface area contributed by atoms with Crippen molar-refractivity contribution in [3.63, 3.8) is 0 Å². The average Bonchev–Trinajstić information content (AvgIpc) is 2.35. The Morgan fingerprint density at radius 2 is 1.47 bits per heavy atom. The first-order valence-electron chi connectivity index (χ1n) is 4.98. The number of hydrogen-bond acceptors (Lipinski definition) is 2.